The molecule has 0 aliphatic heterocycles. The molecule has 0 rings (SSSR count). The molecule has 21 heavy (non-hydrogen) atoms. The molecule has 0 bridgehead atoms. The Labute approximate surface area is 136 Å². The molecule has 2 atom stereocenters. The standard InChI is InChI=1S/C11H18N3O5SSe/c1-12-6(11(19)21)2-3-8(15)14-7(5-20)10(18)13-4-9(16)17/h6-7,12,20H,2-5H2,1H3,(H,13,18)(H,14,15)(H,16,17)/t6-,7-/m0/s1. The number of hydrogen-bond donors (Lipinski definition) is 5. The number of thiol groups is 1. The van der Waals surface area contributed by atoms with Crippen LogP contribution in [0.1, 0.15) is 12.8 Å². The quantitative estimate of drug-likeness (QED) is 0.213. The SMILES string of the molecule is CN[C@@H](CCC(=O)N[C@@H](CS)C(=O)NCC(=O)O)C(=O)[Se]. The summed E-state index contributed by atoms with van der Waals surface area (Å²) >= 11 is 6.29. The van der Waals surface area contributed by atoms with Crippen molar-refractivity contribution in [1.29, 1.82) is 0 Å². The number of likely N-dealkylation sites (N-methyl/N-ethyl adjacent to an activating group) is 1. The molecule has 0 aromatic rings. The third kappa shape index (κ3) is 8.71. The van der Waals surface area contributed by atoms with Crippen LogP contribution < -0.4 is 16.0 Å². The van der Waals surface area contributed by atoms with E-state index in [4.69, 9.17) is 5.11 Å². The monoisotopic (exact) mass is 384 g/mol. The van der Waals surface area contributed by atoms with E-state index in [1.165, 1.54) is 0 Å². The van der Waals surface area contributed by atoms with Gasteiger partial charge in [0.1, 0.15) is 0 Å². The van der Waals surface area contributed by atoms with Crippen molar-refractivity contribution in [3.05, 3.63) is 0 Å². The van der Waals surface area contributed by atoms with Crippen LogP contribution in [0.2, 0.25) is 0 Å². The number of carbonyl (C=O) groups excluding carboxylic acids is 3. The van der Waals surface area contributed by atoms with Gasteiger partial charge in [0.2, 0.25) is 0 Å². The van der Waals surface area contributed by atoms with Crippen LogP contribution in [0.25, 0.3) is 0 Å². The number of carbonyl (C=O) groups is 4. The Morgan fingerprint density at radius 2 is 1.86 bits per heavy atom. The van der Waals surface area contributed by atoms with Crippen LogP contribution in [0.5, 0.6) is 0 Å². The molecular weight excluding hydrogens is 365 g/mol. The first kappa shape index (κ1) is 19.9. The van der Waals surface area contributed by atoms with Crippen LogP contribution in [-0.4, -0.2) is 75.0 Å². The van der Waals surface area contributed by atoms with Gasteiger partial charge >= 0.3 is 136 Å². The van der Waals surface area contributed by atoms with Gasteiger partial charge in [-0.05, 0) is 0 Å². The summed E-state index contributed by atoms with van der Waals surface area (Å²) in [6.07, 6.45) is 0.333. The molecule has 0 saturated heterocycles. The van der Waals surface area contributed by atoms with Gasteiger partial charge in [-0.25, -0.2) is 0 Å². The summed E-state index contributed by atoms with van der Waals surface area (Å²) < 4.78 is -0.199. The molecule has 0 spiro atoms. The predicted molar refractivity (Wildman–Crippen MR) is 79.3 cm³/mol. The molecule has 10 heteroatoms. The first-order chi connectivity index (χ1) is 9.81. The van der Waals surface area contributed by atoms with Crippen molar-refractivity contribution in [2.75, 3.05) is 19.3 Å². The van der Waals surface area contributed by atoms with Gasteiger partial charge in [-0.1, -0.05) is 0 Å². The van der Waals surface area contributed by atoms with E-state index < -0.39 is 36.4 Å². The Balaban J connectivity index is 4.29. The van der Waals surface area contributed by atoms with Gasteiger partial charge < -0.3 is 0 Å². The topological polar surface area (TPSA) is 125 Å². The molecule has 4 N–H and O–H groups in total. The number of carboxylic acids is 1. The van der Waals surface area contributed by atoms with Gasteiger partial charge in [0, 0.05) is 0 Å². The second kappa shape index (κ2) is 10.6. The first-order valence-electron chi connectivity index (χ1n) is 6.09. The van der Waals surface area contributed by atoms with Crippen molar-refractivity contribution >= 4 is 51.1 Å². The van der Waals surface area contributed by atoms with Crippen molar-refractivity contribution in [2.24, 2.45) is 0 Å². The summed E-state index contributed by atoms with van der Waals surface area (Å²) in [5, 5.41) is 15.8. The Morgan fingerprint density at radius 3 is 2.29 bits per heavy atom. The van der Waals surface area contributed by atoms with Crippen LogP contribution in [0.3, 0.4) is 0 Å². The van der Waals surface area contributed by atoms with Crippen molar-refractivity contribution < 1.29 is 24.3 Å². The van der Waals surface area contributed by atoms with Crippen molar-refractivity contribution in [3.63, 3.8) is 0 Å². The Bertz CT molecular complexity index is 407. The second-order valence-electron chi connectivity index (χ2n) is 4.11. The van der Waals surface area contributed by atoms with E-state index in [1.54, 1.807) is 7.05 Å². The van der Waals surface area contributed by atoms with Crippen LogP contribution >= 0.6 is 12.6 Å². The number of nitrogens with one attached hydrogen (secondary N) is 3. The zero-order valence-corrected chi connectivity index (χ0v) is 14.0. The Kier molecular flexibility index (Phi) is 10.1. The molecule has 0 aliphatic carbocycles. The number of rotatable bonds is 10. The van der Waals surface area contributed by atoms with Crippen LogP contribution in [0.4, 0.5) is 0 Å². The van der Waals surface area contributed by atoms with E-state index in [9.17, 15) is 19.2 Å². The van der Waals surface area contributed by atoms with Gasteiger partial charge in [-0.2, -0.15) is 0 Å². The fraction of sp³-hybridized carbons (Fsp3) is 0.636. The second-order valence-corrected chi connectivity index (χ2v) is 5.32. The molecule has 0 heterocycles. The van der Waals surface area contributed by atoms with Crippen molar-refractivity contribution in [3.8, 4) is 0 Å². The number of aliphatic carboxylic acids is 1. The Hall–Kier alpha value is -1.09. The molecular formula is C11H18N3O5SSe. The number of amides is 2. The van der Waals surface area contributed by atoms with Crippen LogP contribution in [0.15, 0.2) is 0 Å². The summed E-state index contributed by atoms with van der Waals surface area (Å²) in [6, 6.07) is -1.39. The molecule has 0 aromatic heterocycles. The molecule has 0 fully saturated rings. The molecule has 8 nitrogen and oxygen atoms in total. The fourth-order valence-corrected chi connectivity index (χ4v) is 2.15. The van der Waals surface area contributed by atoms with Crippen LogP contribution in [0, 0.1) is 0 Å². The van der Waals surface area contributed by atoms with Crippen LogP contribution in [-0.2, 0) is 19.2 Å². The summed E-state index contributed by atoms with van der Waals surface area (Å²) in [5.41, 5.74) is 0. The van der Waals surface area contributed by atoms with Crippen molar-refractivity contribution in [1.82, 2.24) is 16.0 Å². The molecule has 0 aromatic carbocycles. The molecule has 2 amide bonds. The molecule has 0 unspecified atom stereocenters. The minimum atomic E-state index is -1.18. The third-order valence-electron chi connectivity index (χ3n) is 2.54. The zero-order valence-electron chi connectivity index (χ0n) is 11.4. The van der Waals surface area contributed by atoms with Gasteiger partial charge in [0.15, 0.2) is 0 Å². The summed E-state index contributed by atoms with van der Waals surface area (Å²) in [4.78, 5) is 44.8. The molecule has 0 aliphatic rings. The summed E-state index contributed by atoms with van der Waals surface area (Å²) in [5.74, 6) is -2.18. The minimum absolute atomic E-state index is 0.0349. The van der Waals surface area contributed by atoms with Crippen molar-refractivity contribution in [2.45, 2.75) is 24.9 Å². The predicted octanol–water partition coefficient (Wildman–Crippen LogP) is -2.33. The van der Waals surface area contributed by atoms with Gasteiger partial charge in [0.05, 0.1) is 0 Å². The molecule has 1 radical (unpaired) electrons. The molecule has 0 saturated carbocycles. The van der Waals surface area contributed by atoms with E-state index in [0.29, 0.717) is 0 Å². The van der Waals surface area contributed by atoms with Gasteiger partial charge in [-0.3, -0.25) is 0 Å². The average Bonchev–Trinajstić information content (AvgIpc) is 2.42. The average molecular weight is 383 g/mol. The fourth-order valence-electron chi connectivity index (χ4n) is 1.40. The maximum absolute atomic E-state index is 11.7. The van der Waals surface area contributed by atoms with Gasteiger partial charge in [-0.15, -0.1) is 0 Å². The first-order valence-corrected chi connectivity index (χ1v) is 7.58. The molecule has 119 valence electrons. The number of hydrogen-bond acceptors (Lipinski definition) is 6. The van der Waals surface area contributed by atoms with E-state index in [1.807, 2.05) is 0 Å². The number of carboxylic acid groups (broad SMARTS) is 1. The van der Waals surface area contributed by atoms with E-state index in [2.05, 4.69) is 44.6 Å². The zero-order chi connectivity index (χ0) is 16.4. The van der Waals surface area contributed by atoms with E-state index in [0.717, 1.165) is 0 Å². The van der Waals surface area contributed by atoms with E-state index in [-0.39, 0.29) is 23.3 Å². The summed E-state index contributed by atoms with van der Waals surface area (Å²) in [7, 11) is 1.60. The maximum atomic E-state index is 11.7. The van der Waals surface area contributed by atoms with E-state index >= 15 is 0 Å². The van der Waals surface area contributed by atoms with Gasteiger partial charge in [0.25, 0.3) is 0 Å². The third-order valence-corrected chi connectivity index (χ3v) is 3.50. The summed E-state index contributed by atoms with van der Waals surface area (Å²) in [6.45, 7) is -0.527. The Morgan fingerprint density at radius 1 is 1.24 bits per heavy atom. The normalized spacial score (nSPS) is 13.0.